The molecule has 7 N–H and O–H groups in total. The highest BCUT2D eigenvalue weighted by Gasteiger charge is 3.10. The van der Waals surface area contributed by atoms with Gasteiger partial charge in [-0.1, -0.05) is 27.7 Å². The van der Waals surface area contributed by atoms with E-state index in [4.69, 9.17) is 9.47 Å². The fourth-order valence-corrected chi connectivity index (χ4v) is 9.56. The number of rotatable bonds is 3. The Bertz CT molecular complexity index is 1130. The molecule has 6 aliphatic rings. The summed E-state index contributed by atoms with van der Waals surface area (Å²) in [6.45, 7) is 7.91. The first-order valence-electron chi connectivity index (χ1n) is 12.4. The van der Waals surface area contributed by atoms with Crippen LogP contribution in [-0.4, -0.2) is 87.6 Å². The van der Waals surface area contributed by atoms with Gasteiger partial charge in [0.25, 0.3) is 0 Å². The van der Waals surface area contributed by atoms with Gasteiger partial charge in [-0.15, -0.1) is 0 Å². The molecule has 10 heteroatoms. The van der Waals surface area contributed by atoms with Crippen molar-refractivity contribution in [3.63, 3.8) is 0 Å². The highest BCUT2D eigenvalue weighted by Crippen LogP contribution is 2.90. The zero-order chi connectivity index (χ0) is 25.8. The van der Waals surface area contributed by atoms with Crippen LogP contribution in [0, 0.1) is 22.7 Å². The zero-order valence-electron chi connectivity index (χ0n) is 20.6. The minimum Gasteiger partial charge on any atom is -0.451 e. The number of esters is 1. The molecule has 10 nitrogen and oxygen atoms in total. The number of aromatic nitrogens is 1. The molecule has 4 saturated carbocycles. The van der Waals surface area contributed by atoms with Crippen LogP contribution in [0.4, 0.5) is 0 Å². The molecule has 2 aliphatic heterocycles. The Hall–Kier alpha value is -1.53. The molecule has 6 fully saturated rings. The number of hydrogen-bond donors (Lipinski definition) is 7. The van der Waals surface area contributed by atoms with Gasteiger partial charge in [0.1, 0.15) is 28.1 Å². The van der Waals surface area contributed by atoms with Crippen molar-refractivity contribution in [2.45, 2.75) is 99.9 Å². The standard InChI is InChI=1S/C25H35NO9/c1-12(2)22(31)17(34-16(28)14-7-6-10-26-14)23(32)18(4)11-21(30)19(22,5)25(23,33)24(35-21)15(27)13(3)8-9-20(18,24)29/h6-7,10,12-13,15,17,26-27,29-33H,8-9,11H2,1-5H3/t13-,15+,17+,18-,19+,20-,21?,22+,23+,24?,25+/m0/s1. The molecule has 0 radical (unpaired) electrons. The molecule has 35 heavy (non-hydrogen) atoms. The summed E-state index contributed by atoms with van der Waals surface area (Å²) < 4.78 is 12.1. The van der Waals surface area contributed by atoms with Gasteiger partial charge in [0.05, 0.1) is 11.5 Å². The monoisotopic (exact) mass is 493 g/mol. The lowest BCUT2D eigenvalue weighted by molar-refractivity contribution is -0.390. The van der Waals surface area contributed by atoms with E-state index >= 15 is 0 Å². The summed E-state index contributed by atoms with van der Waals surface area (Å²) in [5, 5.41) is 73.9. The Kier molecular flexibility index (Phi) is 4.06. The van der Waals surface area contributed by atoms with E-state index in [1.54, 1.807) is 26.8 Å². The second kappa shape index (κ2) is 5.96. The number of carbonyl (C=O) groups excluding carboxylic acids is 1. The molecule has 6 bridgehead atoms. The van der Waals surface area contributed by atoms with E-state index in [0.29, 0.717) is 6.42 Å². The first-order chi connectivity index (χ1) is 16.0. The Morgan fingerprint density at radius 3 is 2.43 bits per heavy atom. The number of nitrogens with one attached hydrogen (secondary N) is 1. The minimum atomic E-state index is -2.59. The molecule has 2 saturated heterocycles. The Morgan fingerprint density at radius 2 is 1.86 bits per heavy atom. The highest BCUT2D eigenvalue weighted by atomic mass is 16.7. The van der Waals surface area contributed by atoms with Crippen LogP contribution in [0.5, 0.6) is 0 Å². The van der Waals surface area contributed by atoms with Gasteiger partial charge in [-0.25, -0.2) is 4.79 Å². The van der Waals surface area contributed by atoms with Crippen molar-refractivity contribution in [1.82, 2.24) is 4.98 Å². The molecule has 1 aromatic heterocycles. The molecule has 11 atom stereocenters. The van der Waals surface area contributed by atoms with Crippen LogP contribution < -0.4 is 0 Å². The third kappa shape index (κ3) is 1.74. The Labute approximate surface area is 202 Å². The number of carbonyl (C=O) groups is 1. The van der Waals surface area contributed by atoms with E-state index in [1.165, 1.54) is 26.1 Å². The fraction of sp³-hybridized carbons (Fsp3) is 0.800. The van der Waals surface area contributed by atoms with Crippen molar-refractivity contribution in [2.24, 2.45) is 22.7 Å². The summed E-state index contributed by atoms with van der Waals surface area (Å²) in [5.74, 6) is -4.34. The molecule has 1 aromatic rings. The second-order valence-corrected chi connectivity index (χ2v) is 12.4. The highest BCUT2D eigenvalue weighted by molar-refractivity contribution is 5.87. The predicted octanol–water partition coefficient (Wildman–Crippen LogP) is -0.188. The number of ether oxygens (including phenoxy) is 2. The summed E-state index contributed by atoms with van der Waals surface area (Å²) in [5.41, 5.74) is -15.2. The largest absolute Gasteiger partial charge is 0.451 e. The van der Waals surface area contributed by atoms with E-state index in [-0.39, 0.29) is 18.5 Å². The summed E-state index contributed by atoms with van der Waals surface area (Å²) in [4.78, 5) is 15.9. The average Bonchev–Trinajstić information content (AvgIpc) is 3.41. The zero-order valence-corrected chi connectivity index (χ0v) is 20.6. The second-order valence-electron chi connectivity index (χ2n) is 12.4. The molecule has 3 heterocycles. The summed E-state index contributed by atoms with van der Waals surface area (Å²) in [6.07, 6.45) is -1.63. The van der Waals surface area contributed by atoms with Crippen LogP contribution in [0.15, 0.2) is 18.3 Å². The van der Waals surface area contributed by atoms with Crippen LogP contribution in [0.3, 0.4) is 0 Å². The molecule has 4 aliphatic carbocycles. The molecule has 7 rings (SSSR count). The third-order valence-corrected chi connectivity index (χ3v) is 11.3. The van der Waals surface area contributed by atoms with Crippen molar-refractivity contribution >= 4 is 5.97 Å². The maximum Gasteiger partial charge on any atom is 0.355 e. The SMILES string of the molecule is CC(C)[C@@]1(O)[C@@H](OC(=O)c2ccc[nH]2)[C@@]2(O)[C@@]3(C)CC4(O)OC5([C@H](O)[C@@H](C)CC[C@@]53O)[C@@]2(O)[C@]41C. The summed E-state index contributed by atoms with van der Waals surface area (Å²) >= 11 is 0. The first-order valence-corrected chi connectivity index (χ1v) is 12.4. The van der Waals surface area contributed by atoms with Crippen molar-refractivity contribution in [3.8, 4) is 0 Å². The van der Waals surface area contributed by atoms with E-state index in [0.717, 1.165) is 0 Å². The number of hydrogen-bond acceptors (Lipinski definition) is 9. The Balaban J connectivity index is 1.69. The lowest BCUT2D eigenvalue weighted by Gasteiger charge is -2.60. The molecule has 1 spiro atoms. The normalized spacial score (nSPS) is 59.8. The molecule has 194 valence electrons. The molecular formula is C25H35NO9. The van der Waals surface area contributed by atoms with Crippen LogP contribution in [0.25, 0.3) is 0 Å². The van der Waals surface area contributed by atoms with Crippen molar-refractivity contribution in [2.75, 3.05) is 0 Å². The molecule has 2 unspecified atom stereocenters. The summed E-state index contributed by atoms with van der Waals surface area (Å²) in [7, 11) is 0. The van der Waals surface area contributed by atoms with Crippen LogP contribution >= 0.6 is 0 Å². The predicted molar refractivity (Wildman–Crippen MR) is 119 cm³/mol. The van der Waals surface area contributed by atoms with Crippen molar-refractivity contribution < 1.29 is 44.9 Å². The fourth-order valence-electron chi connectivity index (χ4n) is 9.56. The van der Waals surface area contributed by atoms with Gasteiger partial charge in [-0.3, -0.25) is 0 Å². The summed E-state index contributed by atoms with van der Waals surface area (Å²) in [6, 6.07) is 3.06. The van der Waals surface area contributed by atoms with Crippen LogP contribution in [0.2, 0.25) is 0 Å². The van der Waals surface area contributed by atoms with Gasteiger partial charge in [-0.2, -0.15) is 0 Å². The Morgan fingerprint density at radius 1 is 1.20 bits per heavy atom. The molecule has 0 amide bonds. The number of H-pyrrole nitrogens is 1. The minimum absolute atomic E-state index is 0.0654. The van der Waals surface area contributed by atoms with E-state index in [1.807, 2.05) is 0 Å². The van der Waals surface area contributed by atoms with Crippen molar-refractivity contribution in [3.05, 3.63) is 24.0 Å². The lowest BCUT2D eigenvalue weighted by atomic mass is 9.52. The number of aliphatic hydroxyl groups excluding tert-OH is 1. The van der Waals surface area contributed by atoms with E-state index < -0.39 is 74.6 Å². The van der Waals surface area contributed by atoms with Gasteiger partial charge in [0.15, 0.2) is 17.5 Å². The quantitative estimate of drug-likeness (QED) is 0.282. The molecular weight excluding hydrogens is 458 g/mol. The lowest BCUT2D eigenvalue weighted by Crippen LogP contribution is -2.75. The number of aromatic amines is 1. The van der Waals surface area contributed by atoms with Gasteiger partial charge < -0.3 is 45.1 Å². The van der Waals surface area contributed by atoms with Gasteiger partial charge in [-0.05, 0) is 43.7 Å². The van der Waals surface area contributed by atoms with E-state index in [2.05, 4.69) is 4.98 Å². The number of aliphatic hydroxyl groups is 6. The van der Waals surface area contributed by atoms with E-state index in [9.17, 15) is 35.4 Å². The first kappa shape index (κ1) is 23.8. The smallest absolute Gasteiger partial charge is 0.355 e. The van der Waals surface area contributed by atoms with Crippen LogP contribution in [0.1, 0.15) is 64.4 Å². The van der Waals surface area contributed by atoms with Gasteiger partial charge >= 0.3 is 5.97 Å². The van der Waals surface area contributed by atoms with Gasteiger partial charge in [0, 0.05) is 18.0 Å². The van der Waals surface area contributed by atoms with Crippen molar-refractivity contribution in [1.29, 1.82) is 0 Å². The topological polar surface area (TPSA) is 173 Å². The van der Waals surface area contributed by atoms with Crippen LogP contribution in [-0.2, 0) is 9.47 Å². The average molecular weight is 494 g/mol. The maximum absolute atomic E-state index is 13.2. The third-order valence-electron chi connectivity index (χ3n) is 11.3. The molecule has 0 aromatic carbocycles. The maximum atomic E-state index is 13.2. The van der Waals surface area contributed by atoms with Gasteiger partial charge in [0.2, 0.25) is 0 Å².